The lowest BCUT2D eigenvalue weighted by atomic mass is 10.1. The van der Waals surface area contributed by atoms with E-state index in [4.69, 9.17) is 19.2 Å². The minimum Gasteiger partial charge on any atom is -0.491 e. The molecule has 1 aromatic heterocycles. The van der Waals surface area contributed by atoms with Crippen LogP contribution in [0, 0.1) is 0 Å². The minimum absolute atomic E-state index is 0.164. The second-order valence-electron chi connectivity index (χ2n) is 8.49. The molecule has 0 fully saturated rings. The van der Waals surface area contributed by atoms with E-state index in [0.29, 0.717) is 49.6 Å². The molecule has 0 radical (unpaired) electrons. The Kier molecular flexibility index (Phi) is 8.02. The van der Waals surface area contributed by atoms with Crippen molar-refractivity contribution < 1.29 is 19.0 Å². The van der Waals surface area contributed by atoms with Crippen molar-refractivity contribution in [2.24, 2.45) is 0 Å². The predicted molar refractivity (Wildman–Crippen MR) is 141 cm³/mol. The smallest absolute Gasteiger partial charge is 0.250 e. The fourth-order valence-electron chi connectivity index (χ4n) is 3.75. The molecule has 0 atom stereocenters. The van der Waals surface area contributed by atoms with Crippen molar-refractivity contribution in [2.75, 3.05) is 49.0 Å². The van der Waals surface area contributed by atoms with Crippen LogP contribution in [-0.2, 0) is 9.53 Å². The van der Waals surface area contributed by atoms with Gasteiger partial charge < -0.3 is 29.7 Å². The van der Waals surface area contributed by atoms with Crippen LogP contribution < -0.4 is 25.0 Å². The van der Waals surface area contributed by atoms with Crippen LogP contribution in [0.15, 0.2) is 61.3 Å². The van der Waals surface area contributed by atoms with E-state index in [1.807, 2.05) is 48.7 Å². The number of rotatable bonds is 10. The quantitative estimate of drug-likeness (QED) is 0.303. The number of nitrogens with one attached hydrogen (secondary N) is 2. The van der Waals surface area contributed by atoms with Crippen molar-refractivity contribution in [3.05, 3.63) is 66.9 Å². The zero-order valence-corrected chi connectivity index (χ0v) is 20.8. The third kappa shape index (κ3) is 5.92. The number of hydrogen-bond acceptors (Lipinski definition) is 8. The summed E-state index contributed by atoms with van der Waals surface area (Å²) < 4.78 is 16.4. The van der Waals surface area contributed by atoms with Gasteiger partial charge in [-0.15, -0.1) is 0 Å². The number of amides is 1. The first-order chi connectivity index (χ1) is 17.5. The van der Waals surface area contributed by atoms with Gasteiger partial charge in [0.15, 0.2) is 0 Å². The number of aromatic nitrogens is 2. The molecule has 2 heterocycles. The Morgan fingerprint density at radius 3 is 2.67 bits per heavy atom. The van der Waals surface area contributed by atoms with Gasteiger partial charge in [-0.05, 0) is 54.5 Å². The average molecular weight is 490 g/mol. The zero-order valence-electron chi connectivity index (χ0n) is 20.8. The van der Waals surface area contributed by atoms with E-state index in [0.717, 1.165) is 22.7 Å². The van der Waals surface area contributed by atoms with Crippen LogP contribution in [0.2, 0.25) is 0 Å². The molecular formula is C27H31N5O4. The second-order valence-corrected chi connectivity index (χ2v) is 8.49. The molecule has 2 aromatic carbocycles. The lowest BCUT2D eigenvalue weighted by Crippen LogP contribution is -2.36. The van der Waals surface area contributed by atoms with Crippen LogP contribution >= 0.6 is 0 Å². The third-order valence-corrected chi connectivity index (χ3v) is 5.63. The first-order valence-corrected chi connectivity index (χ1v) is 11.8. The number of anilines is 5. The van der Waals surface area contributed by atoms with Gasteiger partial charge in [-0.3, -0.25) is 4.79 Å². The fourth-order valence-corrected chi connectivity index (χ4v) is 3.75. The number of carbonyl (C=O) groups is 1. The summed E-state index contributed by atoms with van der Waals surface area (Å²) in [6, 6.07) is 13.2. The van der Waals surface area contributed by atoms with Gasteiger partial charge in [0.2, 0.25) is 5.95 Å². The maximum atomic E-state index is 12.3. The standard InChI is InChI=1S/C27H31N5O4/c1-5-25(33)32-12-13-36-24-11-8-20(16-23(24)32)29-26-22(18(2)3)17-28-27(31-26)30-19-6-9-21(10-7-19)35-15-14-34-4/h5-11,16-18H,1,12-15H2,2-4H3,(H2,28,29,30,31). The summed E-state index contributed by atoms with van der Waals surface area (Å²) in [6.45, 7) is 9.72. The number of benzene rings is 2. The number of hydrogen-bond donors (Lipinski definition) is 2. The summed E-state index contributed by atoms with van der Waals surface area (Å²) in [7, 11) is 1.64. The first-order valence-electron chi connectivity index (χ1n) is 11.8. The molecule has 3 aromatic rings. The van der Waals surface area contributed by atoms with Gasteiger partial charge in [0, 0.05) is 30.2 Å². The van der Waals surface area contributed by atoms with Crippen LogP contribution in [0.4, 0.5) is 28.8 Å². The highest BCUT2D eigenvalue weighted by atomic mass is 16.5. The van der Waals surface area contributed by atoms with Gasteiger partial charge in [0.1, 0.15) is 30.5 Å². The topological polar surface area (TPSA) is 97.8 Å². The number of methoxy groups -OCH3 is 1. The van der Waals surface area contributed by atoms with E-state index in [2.05, 4.69) is 36.0 Å². The first kappa shape index (κ1) is 25.0. The maximum absolute atomic E-state index is 12.3. The summed E-state index contributed by atoms with van der Waals surface area (Å²) in [5, 5.41) is 6.65. The Bertz CT molecular complexity index is 1210. The predicted octanol–water partition coefficient (Wildman–Crippen LogP) is 5.02. The van der Waals surface area contributed by atoms with E-state index in [-0.39, 0.29) is 11.8 Å². The normalized spacial score (nSPS) is 12.5. The molecule has 9 heteroatoms. The number of ether oxygens (including phenoxy) is 3. The van der Waals surface area contributed by atoms with E-state index < -0.39 is 0 Å². The Morgan fingerprint density at radius 1 is 1.17 bits per heavy atom. The van der Waals surface area contributed by atoms with Crippen molar-refractivity contribution in [3.8, 4) is 11.5 Å². The molecule has 1 aliphatic rings. The molecule has 0 saturated carbocycles. The van der Waals surface area contributed by atoms with Gasteiger partial charge in [-0.2, -0.15) is 4.98 Å². The van der Waals surface area contributed by atoms with E-state index >= 15 is 0 Å². The van der Waals surface area contributed by atoms with Crippen LogP contribution in [0.3, 0.4) is 0 Å². The largest absolute Gasteiger partial charge is 0.491 e. The number of fused-ring (bicyclic) bond motifs is 1. The van der Waals surface area contributed by atoms with Crippen molar-refractivity contribution >= 4 is 34.7 Å². The van der Waals surface area contributed by atoms with Gasteiger partial charge >= 0.3 is 0 Å². The van der Waals surface area contributed by atoms with E-state index in [9.17, 15) is 4.79 Å². The fraction of sp³-hybridized carbons (Fsp3) is 0.296. The summed E-state index contributed by atoms with van der Waals surface area (Å²) in [6.07, 6.45) is 3.13. The molecule has 4 rings (SSSR count). The molecule has 1 amide bonds. The van der Waals surface area contributed by atoms with Gasteiger partial charge in [0.05, 0.1) is 18.8 Å². The Morgan fingerprint density at radius 2 is 1.94 bits per heavy atom. The molecule has 0 unspecified atom stereocenters. The Hall–Kier alpha value is -4.11. The second kappa shape index (κ2) is 11.5. The highest BCUT2D eigenvalue weighted by Crippen LogP contribution is 2.36. The molecule has 1 aliphatic heterocycles. The van der Waals surface area contributed by atoms with Gasteiger partial charge in [-0.1, -0.05) is 20.4 Å². The minimum atomic E-state index is -0.164. The lowest BCUT2D eigenvalue weighted by Gasteiger charge is -2.29. The van der Waals surface area contributed by atoms with Crippen LogP contribution in [-0.4, -0.2) is 49.4 Å². The van der Waals surface area contributed by atoms with Crippen LogP contribution in [0.5, 0.6) is 11.5 Å². The van der Waals surface area contributed by atoms with E-state index in [1.54, 1.807) is 12.0 Å². The molecule has 9 nitrogen and oxygen atoms in total. The molecule has 0 bridgehead atoms. The molecule has 0 spiro atoms. The Labute approximate surface area is 211 Å². The van der Waals surface area contributed by atoms with Crippen LogP contribution in [0.1, 0.15) is 25.3 Å². The SMILES string of the molecule is C=CC(=O)N1CCOc2ccc(Nc3nc(Nc4ccc(OCCOC)cc4)ncc3C(C)C)cc21. The van der Waals surface area contributed by atoms with Gasteiger partial charge in [-0.25, -0.2) is 4.98 Å². The zero-order chi connectivity index (χ0) is 25.5. The molecule has 0 saturated heterocycles. The molecular weight excluding hydrogens is 458 g/mol. The number of nitrogens with zero attached hydrogens (tertiary/aromatic N) is 3. The highest BCUT2D eigenvalue weighted by Gasteiger charge is 2.23. The van der Waals surface area contributed by atoms with Crippen molar-refractivity contribution in [1.29, 1.82) is 0 Å². The van der Waals surface area contributed by atoms with Crippen molar-refractivity contribution in [1.82, 2.24) is 9.97 Å². The molecule has 36 heavy (non-hydrogen) atoms. The molecule has 188 valence electrons. The number of carbonyl (C=O) groups excluding carboxylic acids is 1. The van der Waals surface area contributed by atoms with Crippen molar-refractivity contribution in [3.63, 3.8) is 0 Å². The average Bonchev–Trinajstić information content (AvgIpc) is 2.89. The lowest BCUT2D eigenvalue weighted by molar-refractivity contribution is -0.114. The summed E-state index contributed by atoms with van der Waals surface area (Å²) in [4.78, 5) is 23.2. The molecule has 2 N–H and O–H groups in total. The monoisotopic (exact) mass is 489 g/mol. The summed E-state index contributed by atoms with van der Waals surface area (Å²) in [5.74, 6) is 2.59. The van der Waals surface area contributed by atoms with Crippen molar-refractivity contribution in [2.45, 2.75) is 19.8 Å². The molecule has 0 aliphatic carbocycles. The third-order valence-electron chi connectivity index (χ3n) is 5.63. The van der Waals surface area contributed by atoms with E-state index in [1.165, 1.54) is 6.08 Å². The van der Waals surface area contributed by atoms with Gasteiger partial charge in [0.25, 0.3) is 5.91 Å². The Balaban J connectivity index is 1.55. The summed E-state index contributed by atoms with van der Waals surface area (Å²) >= 11 is 0. The maximum Gasteiger partial charge on any atom is 0.250 e. The highest BCUT2D eigenvalue weighted by molar-refractivity contribution is 6.02. The van der Waals surface area contributed by atoms with Crippen LogP contribution in [0.25, 0.3) is 0 Å². The summed E-state index contributed by atoms with van der Waals surface area (Å²) in [5.41, 5.74) is 3.28.